The first-order chi connectivity index (χ1) is 8.80. The standard InChI is InChI=1S/C15H11NOS/c1-18-13-4-5-14-12(8-13)7-11-3-2-10(9-16)6-15(11)17-14/h2-6,8H,7H2,1H3. The summed E-state index contributed by atoms with van der Waals surface area (Å²) in [6.07, 6.45) is 2.93. The van der Waals surface area contributed by atoms with Gasteiger partial charge in [-0.1, -0.05) is 6.07 Å². The van der Waals surface area contributed by atoms with Crippen LogP contribution >= 0.6 is 11.8 Å². The highest BCUT2D eigenvalue weighted by Gasteiger charge is 2.17. The summed E-state index contributed by atoms with van der Waals surface area (Å²) in [6, 6.07) is 14.0. The molecule has 0 aliphatic carbocycles. The minimum atomic E-state index is 0.637. The van der Waals surface area contributed by atoms with E-state index in [1.807, 2.05) is 18.2 Å². The summed E-state index contributed by atoms with van der Waals surface area (Å²) in [6.45, 7) is 0. The van der Waals surface area contributed by atoms with Crippen LogP contribution in [-0.4, -0.2) is 6.26 Å². The van der Waals surface area contributed by atoms with Gasteiger partial charge < -0.3 is 4.74 Å². The van der Waals surface area contributed by atoms with Crippen molar-refractivity contribution in [2.75, 3.05) is 6.26 Å². The molecule has 1 heterocycles. The van der Waals surface area contributed by atoms with E-state index in [2.05, 4.69) is 24.5 Å². The van der Waals surface area contributed by atoms with E-state index in [1.165, 1.54) is 10.5 Å². The van der Waals surface area contributed by atoms with E-state index in [-0.39, 0.29) is 0 Å². The van der Waals surface area contributed by atoms with E-state index in [9.17, 15) is 0 Å². The third-order valence-electron chi connectivity index (χ3n) is 3.06. The first-order valence-corrected chi connectivity index (χ1v) is 6.90. The van der Waals surface area contributed by atoms with Crippen LogP contribution in [0.4, 0.5) is 0 Å². The minimum absolute atomic E-state index is 0.637. The van der Waals surface area contributed by atoms with E-state index in [0.29, 0.717) is 5.56 Å². The Morgan fingerprint density at radius 2 is 2.00 bits per heavy atom. The molecule has 2 aromatic carbocycles. The van der Waals surface area contributed by atoms with Gasteiger partial charge in [0.1, 0.15) is 11.5 Å². The second kappa shape index (κ2) is 4.40. The van der Waals surface area contributed by atoms with Gasteiger partial charge in [0.15, 0.2) is 0 Å². The lowest BCUT2D eigenvalue weighted by Gasteiger charge is -2.20. The molecule has 0 N–H and O–H groups in total. The largest absolute Gasteiger partial charge is 0.457 e. The summed E-state index contributed by atoms with van der Waals surface area (Å²) in [7, 11) is 0. The van der Waals surface area contributed by atoms with Gasteiger partial charge in [-0.3, -0.25) is 0 Å². The van der Waals surface area contributed by atoms with E-state index < -0.39 is 0 Å². The Balaban J connectivity index is 2.03. The maximum Gasteiger partial charge on any atom is 0.132 e. The number of fused-ring (bicyclic) bond motifs is 2. The Morgan fingerprint density at radius 3 is 2.78 bits per heavy atom. The number of hydrogen-bond donors (Lipinski definition) is 0. The van der Waals surface area contributed by atoms with Crippen LogP contribution in [0.5, 0.6) is 11.5 Å². The zero-order valence-electron chi connectivity index (χ0n) is 9.93. The Morgan fingerprint density at radius 1 is 1.11 bits per heavy atom. The third kappa shape index (κ3) is 1.85. The molecular weight excluding hydrogens is 242 g/mol. The van der Waals surface area contributed by atoms with Crippen LogP contribution in [0.1, 0.15) is 16.7 Å². The van der Waals surface area contributed by atoms with Crippen LogP contribution in [0.15, 0.2) is 41.3 Å². The second-order valence-corrected chi connectivity index (χ2v) is 5.07. The number of thioether (sulfide) groups is 1. The first-order valence-electron chi connectivity index (χ1n) is 5.68. The van der Waals surface area contributed by atoms with E-state index in [0.717, 1.165) is 23.5 Å². The molecule has 1 aliphatic heterocycles. The second-order valence-electron chi connectivity index (χ2n) is 4.19. The summed E-state index contributed by atoms with van der Waals surface area (Å²) in [4.78, 5) is 1.24. The molecule has 0 fully saturated rings. The van der Waals surface area contributed by atoms with Gasteiger partial charge in [0, 0.05) is 16.9 Å². The summed E-state index contributed by atoms with van der Waals surface area (Å²) >= 11 is 1.73. The van der Waals surface area contributed by atoms with Crippen LogP contribution in [-0.2, 0) is 6.42 Å². The van der Waals surface area contributed by atoms with Crippen LogP contribution in [0, 0.1) is 11.3 Å². The van der Waals surface area contributed by atoms with E-state index in [4.69, 9.17) is 10.00 Å². The van der Waals surface area contributed by atoms with Gasteiger partial charge in [0.05, 0.1) is 11.6 Å². The minimum Gasteiger partial charge on any atom is -0.457 e. The topological polar surface area (TPSA) is 33.0 Å². The Kier molecular flexibility index (Phi) is 2.73. The van der Waals surface area contributed by atoms with Crippen molar-refractivity contribution in [3.05, 3.63) is 53.1 Å². The Hall–Kier alpha value is -1.92. The smallest absolute Gasteiger partial charge is 0.132 e. The highest BCUT2D eigenvalue weighted by atomic mass is 32.2. The van der Waals surface area contributed by atoms with Crippen LogP contribution in [0.2, 0.25) is 0 Å². The Bertz CT molecular complexity index is 658. The molecule has 0 saturated heterocycles. The first kappa shape index (κ1) is 11.2. The fourth-order valence-electron chi connectivity index (χ4n) is 2.11. The fourth-order valence-corrected chi connectivity index (χ4v) is 2.57. The zero-order valence-corrected chi connectivity index (χ0v) is 10.8. The van der Waals surface area contributed by atoms with Crippen molar-refractivity contribution in [2.45, 2.75) is 11.3 Å². The van der Waals surface area contributed by atoms with Gasteiger partial charge in [0.25, 0.3) is 0 Å². The van der Waals surface area contributed by atoms with Gasteiger partial charge in [-0.2, -0.15) is 5.26 Å². The van der Waals surface area contributed by atoms with E-state index in [1.54, 1.807) is 17.8 Å². The molecule has 3 rings (SSSR count). The molecule has 0 unspecified atom stereocenters. The summed E-state index contributed by atoms with van der Waals surface area (Å²) in [5.74, 6) is 1.70. The zero-order chi connectivity index (χ0) is 12.5. The molecule has 0 aromatic heterocycles. The molecule has 1 aliphatic rings. The lowest BCUT2D eigenvalue weighted by molar-refractivity contribution is 0.459. The highest BCUT2D eigenvalue weighted by Crippen LogP contribution is 2.38. The molecular formula is C15H11NOS. The van der Waals surface area contributed by atoms with Crippen molar-refractivity contribution in [3.63, 3.8) is 0 Å². The average molecular weight is 253 g/mol. The summed E-state index contributed by atoms with van der Waals surface area (Å²) < 4.78 is 5.86. The van der Waals surface area contributed by atoms with Gasteiger partial charge in [-0.15, -0.1) is 11.8 Å². The highest BCUT2D eigenvalue weighted by molar-refractivity contribution is 7.98. The molecule has 2 aromatic rings. The lowest BCUT2D eigenvalue weighted by atomic mass is 9.99. The number of rotatable bonds is 1. The molecule has 0 atom stereocenters. The van der Waals surface area contributed by atoms with Crippen molar-refractivity contribution in [1.82, 2.24) is 0 Å². The number of benzene rings is 2. The van der Waals surface area contributed by atoms with Crippen molar-refractivity contribution >= 4 is 11.8 Å². The van der Waals surface area contributed by atoms with Crippen molar-refractivity contribution in [2.24, 2.45) is 0 Å². The van der Waals surface area contributed by atoms with Gasteiger partial charge in [0.2, 0.25) is 0 Å². The molecule has 0 spiro atoms. The third-order valence-corrected chi connectivity index (χ3v) is 3.79. The number of hydrogen-bond acceptors (Lipinski definition) is 3. The van der Waals surface area contributed by atoms with Gasteiger partial charge in [-0.05, 0) is 42.2 Å². The molecule has 0 saturated carbocycles. The van der Waals surface area contributed by atoms with Crippen molar-refractivity contribution in [1.29, 1.82) is 5.26 Å². The van der Waals surface area contributed by atoms with E-state index >= 15 is 0 Å². The molecule has 0 bridgehead atoms. The lowest BCUT2D eigenvalue weighted by Crippen LogP contribution is -2.03. The normalized spacial score (nSPS) is 12.0. The SMILES string of the molecule is CSc1ccc2c(c1)Cc1ccc(C#N)cc1O2. The Labute approximate surface area is 110 Å². The van der Waals surface area contributed by atoms with Crippen LogP contribution in [0.3, 0.4) is 0 Å². The molecule has 18 heavy (non-hydrogen) atoms. The monoisotopic (exact) mass is 253 g/mol. The predicted molar refractivity (Wildman–Crippen MR) is 72.3 cm³/mol. The van der Waals surface area contributed by atoms with Crippen molar-refractivity contribution < 1.29 is 4.74 Å². The van der Waals surface area contributed by atoms with Crippen molar-refractivity contribution in [3.8, 4) is 17.6 Å². The van der Waals surface area contributed by atoms with Crippen LogP contribution < -0.4 is 4.74 Å². The number of ether oxygens (including phenoxy) is 1. The molecule has 2 nitrogen and oxygen atoms in total. The van der Waals surface area contributed by atoms with Gasteiger partial charge in [-0.25, -0.2) is 0 Å². The number of nitriles is 1. The van der Waals surface area contributed by atoms with Gasteiger partial charge >= 0.3 is 0 Å². The number of nitrogens with zero attached hydrogens (tertiary/aromatic N) is 1. The molecule has 0 radical (unpaired) electrons. The average Bonchev–Trinajstić information content (AvgIpc) is 2.43. The van der Waals surface area contributed by atoms with Crippen LogP contribution in [0.25, 0.3) is 0 Å². The molecule has 0 amide bonds. The fraction of sp³-hybridized carbons (Fsp3) is 0.133. The maximum atomic E-state index is 8.89. The maximum absolute atomic E-state index is 8.89. The predicted octanol–water partition coefficient (Wildman–Crippen LogP) is 3.98. The molecule has 3 heteroatoms. The molecule has 88 valence electrons. The summed E-state index contributed by atoms with van der Waals surface area (Å²) in [5, 5.41) is 8.89. The quantitative estimate of drug-likeness (QED) is 0.615. The summed E-state index contributed by atoms with van der Waals surface area (Å²) in [5.41, 5.74) is 2.98.